The summed E-state index contributed by atoms with van der Waals surface area (Å²) in [6.07, 6.45) is 2.16. The number of para-hydroxylation sites is 1. The number of aryl methyl sites for hydroxylation is 1. The molecule has 1 aliphatic rings. The SMILES string of the molecule is COCC(C)NC(=O)c1cccc2c1NCCC2. The first kappa shape index (κ1) is 12.9. The number of amides is 1. The van der Waals surface area contributed by atoms with Gasteiger partial charge in [0.1, 0.15) is 0 Å². The molecule has 98 valence electrons. The largest absolute Gasteiger partial charge is 0.384 e. The molecule has 0 saturated carbocycles. The van der Waals surface area contributed by atoms with Crippen LogP contribution in [-0.4, -0.2) is 32.2 Å². The summed E-state index contributed by atoms with van der Waals surface area (Å²) in [6, 6.07) is 5.91. The number of hydrogen-bond donors (Lipinski definition) is 2. The van der Waals surface area contributed by atoms with Crippen molar-refractivity contribution in [1.29, 1.82) is 0 Å². The van der Waals surface area contributed by atoms with E-state index in [2.05, 4.69) is 16.7 Å². The summed E-state index contributed by atoms with van der Waals surface area (Å²) in [5.74, 6) is -0.0363. The molecule has 18 heavy (non-hydrogen) atoms. The minimum atomic E-state index is -0.0363. The van der Waals surface area contributed by atoms with E-state index in [4.69, 9.17) is 4.74 Å². The van der Waals surface area contributed by atoms with Gasteiger partial charge in [-0.15, -0.1) is 0 Å². The monoisotopic (exact) mass is 248 g/mol. The first-order valence-corrected chi connectivity index (χ1v) is 6.38. The molecule has 1 aliphatic heterocycles. The number of benzene rings is 1. The maximum Gasteiger partial charge on any atom is 0.253 e. The van der Waals surface area contributed by atoms with Gasteiger partial charge in [-0.05, 0) is 31.4 Å². The summed E-state index contributed by atoms with van der Waals surface area (Å²) < 4.78 is 5.02. The van der Waals surface area contributed by atoms with Crippen LogP contribution in [0.25, 0.3) is 0 Å². The number of fused-ring (bicyclic) bond motifs is 1. The third-order valence-corrected chi connectivity index (χ3v) is 3.11. The average molecular weight is 248 g/mol. The van der Waals surface area contributed by atoms with Gasteiger partial charge in [0.05, 0.1) is 17.9 Å². The van der Waals surface area contributed by atoms with Gasteiger partial charge in [0.2, 0.25) is 0 Å². The van der Waals surface area contributed by atoms with Crippen LogP contribution in [0.1, 0.15) is 29.3 Å². The summed E-state index contributed by atoms with van der Waals surface area (Å²) >= 11 is 0. The second kappa shape index (κ2) is 5.87. The molecule has 4 heteroatoms. The molecular formula is C14H20N2O2. The van der Waals surface area contributed by atoms with Gasteiger partial charge >= 0.3 is 0 Å². The molecule has 4 nitrogen and oxygen atoms in total. The minimum Gasteiger partial charge on any atom is -0.384 e. The zero-order valence-corrected chi connectivity index (χ0v) is 11.0. The molecule has 2 N–H and O–H groups in total. The molecule has 1 atom stereocenters. The molecule has 1 amide bonds. The first-order chi connectivity index (χ1) is 8.72. The smallest absolute Gasteiger partial charge is 0.253 e. The average Bonchev–Trinajstić information content (AvgIpc) is 2.38. The lowest BCUT2D eigenvalue weighted by Gasteiger charge is -2.21. The minimum absolute atomic E-state index is 0.0157. The van der Waals surface area contributed by atoms with Crippen molar-refractivity contribution in [2.24, 2.45) is 0 Å². The van der Waals surface area contributed by atoms with E-state index in [9.17, 15) is 4.79 Å². The van der Waals surface area contributed by atoms with E-state index in [1.165, 1.54) is 5.56 Å². The number of rotatable bonds is 4. The fourth-order valence-corrected chi connectivity index (χ4v) is 2.29. The topological polar surface area (TPSA) is 50.4 Å². The number of ether oxygens (including phenoxy) is 1. The third-order valence-electron chi connectivity index (χ3n) is 3.11. The van der Waals surface area contributed by atoms with Crippen molar-refractivity contribution >= 4 is 11.6 Å². The normalized spacial score (nSPS) is 15.4. The van der Waals surface area contributed by atoms with Crippen LogP contribution in [0, 0.1) is 0 Å². The van der Waals surface area contributed by atoms with E-state index in [0.717, 1.165) is 30.6 Å². The van der Waals surface area contributed by atoms with Crippen LogP contribution in [0.2, 0.25) is 0 Å². The lowest BCUT2D eigenvalue weighted by atomic mass is 9.99. The van der Waals surface area contributed by atoms with Gasteiger partial charge in [-0.3, -0.25) is 4.79 Å². The second-order valence-electron chi connectivity index (χ2n) is 4.70. The van der Waals surface area contributed by atoms with E-state index >= 15 is 0 Å². The predicted molar refractivity (Wildman–Crippen MR) is 72.1 cm³/mol. The third kappa shape index (κ3) is 2.82. The van der Waals surface area contributed by atoms with Gasteiger partial charge in [0, 0.05) is 19.7 Å². The molecular weight excluding hydrogens is 228 g/mol. The Kier molecular flexibility index (Phi) is 4.20. The van der Waals surface area contributed by atoms with Crippen LogP contribution in [0.5, 0.6) is 0 Å². The fraction of sp³-hybridized carbons (Fsp3) is 0.500. The lowest BCUT2D eigenvalue weighted by Crippen LogP contribution is -2.36. The van der Waals surface area contributed by atoms with Gasteiger partial charge in [-0.1, -0.05) is 12.1 Å². The fourth-order valence-electron chi connectivity index (χ4n) is 2.29. The molecule has 0 saturated heterocycles. The molecule has 1 aromatic carbocycles. The van der Waals surface area contributed by atoms with Crippen molar-refractivity contribution in [1.82, 2.24) is 5.32 Å². The molecule has 0 aliphatic carbocycles. The van der Waals surface area contributed by atoms with Crippen LogP contribution in [0.4, 0.5) is 5.69 Å². The first-order valence-electron chi connectivity index (χ1n) is 6.38. The van der Waals surface area contributed by atoms with Crippen LogP contribution >= 0.6 is 0 Å². The summed E-state index contributed by atoms with van der Waals surface area (Å²) in [5.41, 5.74) is 2.95. The van der Waals surface area contributed by atoms with E-state index in [0.29, 0.717) is 6.61 Å². The van der Waals surface area contributed by atoms with E-state index < -0.39 is 0 Å². The molecule has 0 bridgehead atoms. The Bertz CT molecular complexity index is 432. The number of hydrogen-bond acceptors (Lipinski definition) is 3. The van der Waals surface area contributed by atoms with Crippen LogP contribution < -0.4 is 10.6 Å². The number of anilines is 1. The molecule has 1 aromatic rings. The van der Waals surface area contributed by atoms with Gasteiger partial charge in [0.15, 0.2) is 0 Å². The standard InChI is InChI=1S/C14H20N2O2/c1-10(9-18-2)16-14(17)12-7-3-5-11-6-4-8-15-13(11)12/h3,5,7,10,15H,4,6,8-9H2,1-2H3,(H,16,17). The van der Waals surface area contributed by atoms with Crippen molar-refractivity contribution < 1.29 is 9.53 Å². The zero-order chi connectivity index (χ0) is 13.0. The van der Waals surface area contributed by atoms with Crippen LogP contribution in [0.3, 0.4) is 0 Å². The Hall–Kier alpha value is -1.55. The molecule has 1 unspecified atom stereocenters. The van der Waals surface area contributed by atoms with E-state index in [1.54, 1.807) is 7.11 Å². The molecule has 2 rings (SSSR count). The summed E-state index contributed by atoms with van der Waals surface area (Å²) in [4.78, 5) is 12.2. The van der Waals surface area contributed by atoms with Gasteiger partial charge in [-0.25, -0.2) is 0 Å². The lowest BCUT2D eigenvalue weighted by molar-refractivity contribution is 0.0906. The summed E-state index contributed by atoms with van der Waals surface area (Å²) in [6.45, 7) is 3.39. The molecule has 0 radical (unpaired) electrons. The Morgan fingerprint density at radius 3 is 3.17 bits per heavy atom. The van der Waals surface area contributed by atoms with Gasteiger partial charge < -0.3 is 15.4 Å². The van der Waals surface area contributed by atoms with Gasteiger partial charge in [-0.2, -0.15) is 0 Å². The van der Waals surface area contributed by atoms with E-state index in [-0.39, 0.29) is 11.9 Å². The Morgan fingerprint density at radius 2 is 2.39 bits per heavy atom. The number of nitrogens with one attached hydrogen (secondary N) is 2. The number of carbonyl (C=O) groups excluding carboxylic acids is 1. The van der Waals surface area contributed by atoms with Crippen molar-refractivity contribution in [3.63, 3.8) is 0 Å². The molecule has 0 fully saturated rings. The quantitative estimate of drug-likeness (QED) is 0.854. The van der Waals surface area contributed by atoms with Gasteiger partial charge in [0.25, 0.3) is 5.91 Å². The Morgan fingerprint density at radius 1 is 1.56 bits per heavy atom. The number of carbonyl (C=O) groups is 1. The summed E-state index contributed by atoms with van der Waals surface area (Å²) in [7, 11) is 1.63. The van der Waals surface area contributed by atoms with Crippen molar-refractivity contribution in [3.8, 4) is 0 Å². The van der Waals surface area contributed by atoms with Crippen molar-refractivity contribution in [3.05, 3.63) is 29.3 Å². The van der Waals surface area contributed by atoms with Crippen LogP contribution in [0.15, 0.2) is 18.2 Å². The van der Waals surface area contributed by atoms with Crippen LogP contribution in [-0.2, 0) is 11.2 Å². The molecule has 0 aromatic heterocycles. The Labute approximate surface area is 108 Å². The molecule has 1 heterocycles. The predicted octanol–water partition coefficient (Wildman–Crippen LogP) is 1.81. The highest BCUT2D eigenvalue weighted by Gasteiger charge is 2.18. The van der Waals surface area contributed by atoms with E-state index in [1.807, 2.05) is 19.1 Å². The number of methoxy groups -OCH3 is 1. The second-order valence-corrected chi connectivity index (χ2v) is 4.70. The van der Waals surface area contributed by atoms with Crippen molar-refractivity contribution in [2.75, 3.05) is 25.6 Å². The molecule has 0 spiro atoms. The Balaban J connectivity index is 2.15. The maximum absolute atomic E-state index is 12.2. The highest BCUT2D eigenvalue weighted by Crippen LogP contribution is 2.25. The van der Waals surface area contributed by atoms with Crippen molar-refractivity contribution in [2.45, 2.75) is 25.8 Å². The zero-order valence-electron chi connectivity index (χ0n) is 11.0. The maximum atomic E-state index is 12.2. The summed E-state index contributed by atoms with van der Waals surface area (Å²) in [5, 5.41) is 6.27. The highest BCUT2D eigenvalue weighted by molar-refractivity contribution is 6.00. The highest BCUT2D eigenvalue weighted by atomic mass is 16.5.